The van der Waals surface area contributed by atoms with Crippen LogP contribution in [-0.2, 0) is 0 Å². The van der Waals surface area contributed by atoms with Crippen molar-refractivity contribution in [3.05, 3.63) is 0 Å². The fraction of sp³-hybridized carbons (Fsp3) is 1.00. The van der Waals surface area contributed by atoms with Gasteiger partial charge < -0.3 is 5.73 Å². The number of fused-ring (bicyclic) bond motifs is 1. The minimum Gasteiger partial charge on any atom is -0.324 e. The molecule has 0 spiro atoms. The quantitative estimate of drug-likeness (QED) is 0.717. The smallest absolute Gasteiger partial charge is 0.0246 e. The van der Waals surface area contributed by atoms with E-state index >= 15 is 0 Å². The van der Waals surface area contributed by atoms with Gasteiger partial charge in [-0.3, -0.25) is 0 Å². The maximum Gasteiger partial charge on any atom is 0.0246 e. The van der Waals surface area contributed by atoms with E-state index in [1.54, 1.807) is 0 Å². The average Bonchev–Trinajstić information content (AvgIpc) is 2.87. The van der Waals surface area contributed by atoms with Gasteiger partial charge in [-0.25, -0.2) is 0 Å². The summed E-state index contributed by atoms with van der Waals surface area (Å²) in [7, 11) is 0. The third-order valence-electron chi connectivity index (χ3n) is 5.99. The van der Waals surface area contributed by atoms with Gasteiger partial charge in [0.05, 0.1) is 0 Å². The molecule has 2 N–H and O–H groups in total. The lowest BCUT2D eigenvalue weighted by atomic mass is 9.69. The van der Waals surface area contributed by atoms with Crippen molar-refractivity contribution in [2.24, 2.45) is 28.9 Å². The molecular weight excluding hydrogens is 194 g/mol. The van der Waals surface area contributed by atoms with Gasteiger partial charge in [0.1, 0.15) is 0 Å². The van der Waals surface area contributed by atoms with Crippen molar-refractivity contribution < 1.29 is 0 Å². The highest BCUT2D eigenvalue weighted by Gasteiger charge is 2.65. The number of rotatable bonds is 1. The van der Waals surface area contributed by atoms with E-state index < -0.39 is 0 Å². The predicted molar refractivity (Wildman–Crippen MR) is 68.1 cm³/mol. The SMILES string of the molecule is CC1(C)CCC(C2(N)C3CCCCC32)CC1. The molecule has 0 aromatic heterocycles. The standard InChI is InChI=1S/C15H27N/c1-14(2)9-7-11(8-10-14)15(16)12-5-3-4-6-13(12)15/h11-13H,3-10,16H2,1-2H3. The summed E-state index contributed by atoms with van der Waals surface area (Å²) in [6.07, 6.45) is 11.3. The van der Waals surface area contributed by atoms with Crippen molar-refractivity contribution in [3.8, 4) is 0 Å². The van der Waals surface area contributed by atoms with Crippen LogP contribution in [0.15, 0.2) is 0 Å². The summed E-state index contributed by atoms with van der Waals surface area (Å²) in [5.41, 5.74) is 7.63. The zero-order chi connectivity index (χ0) is 11.4. The third-order valence-corrected chi connectivity index (χ3v) is 5.99. The van der Waals surface area contributed by atoms with Crippen LogP contribution >= 0.6 is 0 Å². The molecular formula is C15H27N. The first-order valence-corrected chi connectivity index (χ1v) is 7.33. The van der Waals surface area contributed by atoms with Crippen molar-refractivity contribution in [2.75, 3.05) is 0 Å². The minimum atomic E-state index is 0.285. The minimum absolute atomic E-state index is 0.285. The van der Waals surface area contributed by atoms with Crippen LogP contribution < -0.4 is 5.73 Å². The Labute approximate surface area is 100 Å². The predicted octanol–water partition coefficient (Wildman–Crippen LogP) is 3.72. The van der Waals surface area contributed by atoms with Crippen molar-refractivity contribution in [1.82, 2.24) is 0 Å². The van der Waals surface area contributed by atoms with Gasteiger partial charge in [-0.15, -0.1) is 0 Å². The van der Waals surface area contributed by atoms with Crippen molar-refractivity contribution >= 4 is 0 Å². The van der Waals surface area contributed by atoms with E-state index in [1.807, 2.05) is 0 Å². The summed E-state index contributed by atoms with van der Waals surface area (Å²) in [5.74, 6) is 2.67. The molecule has 2 atom stereocenters. The van der Waals surface area contributed by atoms with Gasteiger partial charge in [-0.05, 0) is 61.7 Å². The van der Waals surface area contributed by atoms with E-state index in [0.717, 1.165) is 17.8 Å². The zero-order valence-electron chi connectivity index (χ0n) is 11.0. The van der Waals surface area contributed by atoms with E-state index in [4.69, 9.17) is 5.73 Å². The topological polar surface area (TPSA) is 26.0 Å². The van der Waals surface area contributed by atoms with E-state index in [1.165, 1.54) is 51.4 Å². The average molecular weight is 221 g/mol. The maximum atomic E-state index is 6.76. The molecule has 0 aromatic carbocycles. The van der Waals surface area contributed by atoms with Crippen molar-refractivity contribution in [1.29, 1.82) is 0 Å². The lowest BCUT2D eigenvalue weighted by Gasteiger charge is -2.38. The Morgan fingerprint density at radius 3 is 1.88 bits per heavy atom. The summed E-state index contributed by atoms with van der Waals surface area (Å²) in [4.78, 5) is 0. The van der Waals surface area contributed by atoms with Gasteiger partial charge in [0, 0.05) is 5.54 Å². The first-order chi connectivity index (χ1) is 7.54. The van der Waals surface area contributed by atoms with Gasteiger partial charge in [0.25, 0.3) is 0 Å². The fourth-order valence-corrected chi connectivity index (χ4v) is 4.72. The molecule has 0 heterocycles. The molecule has 3 aliphatic rings. The van der Waals surface area contributed by atoms with Gasteiger partial charge in [0.15, 0.2) is 0 Å². The lowest BCUT2D eigenvalue weighted by molar-refractivity contribution is 0.157. The van der Waals surface area contributed by atoms with Gasteiger partial charge in [-0.1, -0.05) is 26.7 Å². The van der Waals surface area contributed by atoms with E-state index in [9.17, 15) is 0 Å². The molecule has 3 aliphatic carbocycles. The van der Waals surface area contributed by atoms with Crippen LogP contribution in [0.3, 0.4) is 0 Å². The Hall–Kier alpha value is -0.0400. The molecule has 92 valence electrons. The fourth-order valence-electron chi connectivity index (χ4n) is 4.72. The van der Waals surface area contributed by atoms with Crippen LogP contribution in [0.1, 0.15) is 65.2 Å². The summed E-state index contributed by atoms with van der Waals surface area (Å²) >= 11 is 0. The second kappa shape index (κ2) is 3.48. The molecule has 2 unspecified atom stereocenters. The van der Waals surface area contributed by atoms with Crippen LogP contribution in [0.2, 0.25) is 0 Å². The molecule has 3 fully saturated rings. The third kappa shape index (κ3) is 1.54. The van der Waals surface area contributed by atoms with Crippen molar-refractivity contribution in [3.63, 3.8) is 0 Å². The highest BCUT2D eigenvalue weighted by molar-refractivity contribution is 5.20. The second-order valence-electron chi connectivity index (χ2n) is 7.44. The van der Waals surface area contributed by atoms with Crippen molar-refractivity contribution in [2.45, 2.75) is 70.8 Å². The van der Waals surface area contributed by atoms with Gasteiger partial charge in [-0.2, -0.15) is 0 Å². The number of hydrogen-bond acceptors (Lipinski definition) is 1. The molecule has 0 bridgehead atoms. The molecule has 16 heavy (non-hydrogen) atoms. The van der Waals surface area contributed by atoms with Gasteiger partial charge in [0.2, 0.25) is 0 Å². The molecule has 1 heteroatoms. The summed E-state index contributed by atoms with van der Waals surface area (Å²) in [6.45, 7) is 4.85. The second-order valence-corrected chi connectivity index (χ2v) is 7.44. The van der Waals surface area contributed by atoms with Crippen LogP contribution in [0, 0.1) is 23.2 Å². The first kappa shape index (κ1) is 11.1. The normalized spacial score (nSPS) is 47.4. The van der Waals surface area contributed by atoms with E-state index in [2.05, 4.69) is 13.8 Å². The zero-order valence-corrected chi connectivity index (χ0v) is 11.0. The monoisotopic (exact) mass is 221 g/mol. The van der Waals surface area contributed by atoms with E-state index in [0.29, 0.717) is 5.41 Å². The summed E-state index contributed by atoms with van der Waals surface area (Å²) in [6, 6.07) is 0. The molecule has 3 saturated carbocycles. The molecule has 0 amide bonds. The largest absolute Gasteiger partial charge is 0.324 e. The molecule has 0 saturated heterocycles. The molecule has 0 aromatic rings. The lowest BCUT2D eigenvalue weighted by Crippen LogP contribution is -2.40. The van der Waals surface area contributed by atoms with E-state index in [-0.39, 0.29) is 5.54 Å². The van der Waals surface area contributed by atoms with Gasteiger partial charge >= 0.3 is 0 Å². The van der Waals surface area contributed by atoms with Crippen LogP contribution in [0.5, 0.6) is 0 Å². The molecule has 0 radical (unpaired) electrons. The highest BCUT2D eigenvalue weighted by atomic mass is 14.9. The molecule has 1 nitrogen and oxygen atoms in total. The number of nitrogens with two attached hydrogens (primary N) is 1. The Balaban J connectivity index is 1.66. The first-order valence-electron chi connectivity index (χ1n) is 7.33. The number of hydrogen-bond donors (Lipinski definition) is 1. The molecule has 0 aliphatic heterocycles. The van der Waals surface area contributed by atoms with Crippen LogP contribution in [0.25, 0.3) is 0 Å². The Bertz CT molecular complexity index is 259. The molecule has 3 rings (SSSR count). The highest BCUT2D eigenvalue weighted by Crippen LogP contribution is 2.63. The Morgan fingerprint density at radius 2 is 1.38 bits per heavy atom. The summed E-state index contributed by atoms with van der Waals surface area (Å²) in [5, 5.41) is 0. The maximum absolute atomic E-state index is 6.76. The Morgan fingerprint density at radius 1 is 0.875 bits per heavy atom. The van der Waals surface area contributed by atoms with Crippen LogP contribution in [0.4, 0.5) is 0 Å². The van der Waals surface area contributed by atoms with Crippen LogP contribution in [-0.4, -0.2) is 5.54 Å². The Kier molecular flexibility index (Phi) is 2.41. The summed E-state index contributed by atoms with van der Waals surface area (Å²) < 4.78 is 0.